The van der Waals surface area contributed by atoms with Crippen LogP contribution in [0.3, 0.4) is 0 Å². The Balaban J connectivity index is 0.957. The number of aromatic nitrogens is 7. The van der Waals surface area contributed by atoms with E-state index in [0.29, 0.717) is 42.3 Å². The van der Waals surface area contributed by atoms with Gasteiger partial charge in [0, 0.05) is 62.9 Å². The molecule has 2 saturated heterocycles. The van der Waals surface area contributed by atoms with E-state index in [-0.39, 0.29) is 124 Å². The van der Waals surface area contributed by atoms with Crippen molar-refractivity contribution in [3.63, 3.8) is 0 Å². The number of nitrogens with zero attached hydrogens (tertiary/aromatic N) is 9. The van der Waals surface area contributed by atoms with Crippen molar-refractivity contribution in [2.75, 3.05) is 60.7 Å². The van der Waals surface area contributed by atoms with Crippen molar-refractivity contribution < 1.29 is 87.2 Å². The molecular weight excluding hydrogens is 1410 g/mol. The Morgan fingerprint density at radius 1 is 0.842 bits per heavy atom. The van der Waals surface area contributed by atoms with Gasteiger partial charge in [0.05, 0.1) is 75.1 Å². The van der Waals surface area contributed by atoms with Crippen molar-refractivity contribution in [3.8, 4) is 38.4 Å². The number of carbonyl (C=O) groups excluding carboxylic acids is 7. The second-order valence-electron chi connectivity index (χ2n) is 24.8. The van der Waals surface area contributed by atoms with Gasteiger partial charge in [0.15, 0.2) is 18.1 Å². The van der Waals surface area contributed by atoms with Crippen LogP contribution in [0.1, 0.15) is 120 Å². The number of pyridine rings is 1. The van der Waals surface area contributed by atoms with Crippen LogP contribution >= 0.6 is 56.7 Å². The predicted octanol–water partition coefficient (Wildman–Crippen LogP) is 4.11. The van der Waals surface area contributed by atoms with Crippen LogP contribution in [-0.4, -0.2) is 215 Å². The summed E-state index contributed by atoms with van der Waals surface area (Å²) in [7, 11) is 4.87. The number of allylic oxidation sites excluding steroid dienone is 1. The molecule has 2 fully saturated rings. The van der Waals surface area contributed by atoms with E-state index in [1.54, 1.807) is 55.7 Å². The highest BCUT2D eigenvalue weighted by Gasteiger charge is 2.50. The largest absolute Gasteiger partial charge is 0.506 e. The molecule has 10 unspecified atom stereocenters. The van der Waals surface area contributed by atoms with Gasteiger partial charge in [-0.05, 0) is 59.5 Å². The zero-order chi connectivity index (χ0) is 71.3. The van der Waals surface area contributed by atoms with E-state index >= 15 is 19.2 Å². The lowest BCUT2D eigenvalue weighted by molar-refractivity contribution is -0.280. The highest BCUT2D eigenvalue weighted by molar-refractivity contribution is 7.14. The van der Waals surface area contributed by atoms with E-state index < -0.39 is 122 Å². The number of hydrogen-bond donors (Lipinski definition) is 9. The van der Waals surface area contributed by atoms with E-state index in [0.717, 1.165) is 56.7 Å². The molecule has 32 nitrogen and oxygen atoms in total. The lowest BCUT2D eigenvalue weighted by Crippen LogP contribution is -2.62. The molecule has 12 heterocycles. The van der Waals surface area contributed by atoms with Gasteiger partial charge in [0.25, 0.3) is 17.7 Å². The van der Waals surface area contributed by atoms with E-state index in [9.17, 15) is 34.9 Å². The maximum Gasteiger partial charge on any atom is 0.358 e. The zero-order valence-corrected chi connectivity index (χ0v) is 59.1. The Morgan fingerprint density at radius 3 is 2.27 bits per heavy atom. The molecule has 1 aromatic carbocycles. The highest BCUT2D eigenvalue weighted by Crippen LogP contribution is 2.43. The minimum Gasteiger partial charge on any atom is -0.506 e. The Hall–Kier alpha value is -8.83. The average Bonchev–Trinajstić information content (AvgIpc) is 1.64. The fourth-order valence-corrected chi connectivity index (χ4v) is 16.9. The normalized spacial score (nSPS) is 24.9. The Kier molecular flexibility index (Phi) is 20.5. The van der Waals surface area contributed by atoms with E-state index in [1.165, 1.54) is 49.2 Å². The van der Waals surface area contributed by atoms with E-state index in [2.05, 4.69) is 36.6 Å². The number of aromatic hydroxyl groups is 1. The van der Waals surface area contributed by atoms with Crippen molar-refractivity contribution in [1.82, 2.24) is 71.0 Å². The van der Waals surface area contributed by atoms with Gasteiger partial charge in [-0.15, -0.1) is 56.7 Å². The molecule has 0 saturated carbocycles. The molecule has 10 atom stereocenters. The minimum atomic E-state index is -1.90. The molecule has 5 amide bonds. The van der Waals surface area contributed by atoms with Gasteiger partial charge < -0.3 is 85.2 Å². The summed E-state index contributed by atoms with van der Waals surface area (Å²) < 4.78 is 43.8. The van der Waals surface area contributed by atoms with Gasteiger partial charge in [-0.2, -0.15) is 4.73 Å². The van der Waals surface area contributed by atoms with Gasteiger partial charge in [-0.25, -0.2) is 39.5 Å². The van der Waals surface area contributed by atoms with E-state index in [4.69, 9.17) is 53.1 Å². The molecule has 0 aliphatic carbocycles. The van der Waals surface area contributed by atoms with Crippen LogP contribution in [-0.2, 0) is 67.3 Å². The number of benzene rings is 1. The number of aliphatic hydroxyl groups excluding tert-OH is 1. The second kappa shape index (κ2) is 29.3. The summed E-state index contributed by atoms with van der Waals surface area (Å²) in [6.07, 6.45) is -7.46. The average molecular weight is 1480 g/mol. The molecule has 5 aliphatic heterocycles. The predicted molar refractivity (Wildman–Crippen MR) is 363 cm³/mol. The first-order valence-corrected chi connectivity index (χ1v) is 36.1. The number of rotatable bonds is 10. The molecule has 0 spiro atoms. The number of methoxy groups -OCH3 is 1. The fraction of sp³-hybridized carbons (Fsp3) is 0.422. The monoisotopic (exact) mass is 1480 g/mol. The number of carbonyl (C=O) groups is 7. The fourth-order valence-electron chi connectivity index (χ4n) is 12.7. The Bertz CT molecular complexity index is 4570. The first-order chi connectivity index (χ1) is 48.4. The van der Waals surface area contributed by atoms with Gasteiger partial charge in [-0.3, -0.25) is 28.9 Å². The number of amides is 5. The van der Waals surface area contributed by atoms with Gasteiger partial charge in [0.2, 0.25) is 11.8 Å². The van der Waals surface area contributed by atoms with Gasteiger partial charge in [0.1, 0.15) is 114 Å². The molecule has 532 valence electrons. The summed E-state index contributed by atoms with van der Waals surface area (Å²) >= 11 is 4.87. The van der Waals surface area contributed by atoms with Crippen molar-refractivity contribution in [2.45, 2.75) is 114 Å². The summed E-state index contributed by atoms with van der Waals surface area (Å²) in [6, 6.07) is 0.902. The van der Waals surface area contributed by atoms with Gasteiger partial charge >= 0.3 is 11.9 Å². The minimum absolute atomic E-state index is 0.000341. The van der Waals surface area contributed by atoms with Crippen LogP contribution in [0.2, 0.25) is 0 Å². The van der Waals surface area contributed by atoms with Crippen molar-refractivity contribution in [2.24, 2.45) is 0 Å². The molecule has 9 N–H and O–H groups in total. The number of likely N-dealkylation sites (N-methyl/N-ethyl adjacent to an activating group) is 1. The van der Waals surface area contributed by atoms with Crippen LogP contribution in [0.15, 0.2) is 56.9 Å². The maximum absolute atomic E-state index is 15.2. The molecule has 13 rings (SSSR count). The zero-order valence-electron chi connectivity index (χ0n) is 55.0. The third-order valence-electron chi connectivity index (χ3n) is 17.5. The number of aliphatic hydroxyl groups is 2. The molecule has 5 aliphatic rings. The summed E-state index contributed by atoms with van der Waals surface area (Å²) in [5.74, 6) is -6.32. The Labute approximate surface area is 594 Å². The van der Waals surface area contributed by atoms with Crippen molar-refractivity contribution in [3.05, 3.63) is 112 Å². The molecule has 8 aromatic rings. The summed E-state index contributed by atoms with van der Waals surface area (Å²) in [6.45, 7) is 6.84. The molecule has 7 aromatic heterocycles. The third kappa shape index (κ3) is 14.6. The molecule has 37 heteroatoms. The third-order valence-corrected chi connectivity index (χ3v) is 22.0. The number of ether oxygens (including phenoxy) is 7. The van der Waals surface area contributed by atoms with Crippen LogP contribution < -0.4 is 26.6 Å². The van der Waals surface area contributed by atoms with E-state index in [1.807, 2.05) is 4.90 Å². The molecule has 0 radical (unpaired) electrons. The van der Waals surface area contributed by atoms with Crippen molar-refractivity contribution in [1.29, 1.82) is 0 Å². The molecular formula is C64H68N14O18S5. The summed E-state index contributed by atoms with van der Waals surface area (Å²) in [4.78, 5) is 135. The number of thiazole rings is 5. The number of hydrogen-bond acceptors (Lipinski definition) is 31. The number of fused-ring (bicyclic) bond motifs is 15. The molecule has 101 heavy (non-hydrogen) atoms. The van der Waals surface area contributed by atoms with Crippen molar-refractivity contribution >= 4 is 115 Å². The number of cyclic esters (lactones) is 2. The Morgan fingerprint density at radius 2 is 1.52 bits per heavy atom. The molecule has 12 bridgehead atoms. The standard InChI is InChI=1S/C64H68N14O18S5/c1-27(79)44-56(85)74-45(28(2)90-7)59-70-38(26-100-59)55(84)75-48-50-51(96-42-16-64(4,88)52(76(5)6)29(3)95-42)63(87)93-19-30-9-8-10-39-43(30)33(20-92-50)49(78(39)89)62(86)94-21-34(67-53(82)36-25-101-61(48)71-36)58-68-35(23-99-58)46-32(57-69-37(24-98-57)54(83)73-44)15-40(80)47(72-46)60-66-31(22-97-60)17-65-41(81)18-77-11-13-91-14-12-77/h8-10,15,22-27,29,34,42,44,48,50-52,79-80,88-89H,11-14,16-21H2,1-7H3,(H,65,81)(H,67,82)(H,73,83)(H,74,85)(H,75,84)/b45-28+. The first-order valence-electron chi connectivity index (χ1n) is 31.7. The second-order valence-corrected chi connectivity index (χ2v) is 29.2. The maximum atomic E-state index is 15.2. The summed E-state index contributed by atoms with van der Waals surface area (Å²) in [5, 5.41) is 69.4. The SMILES string of the molecule is CO/C(C)=C1/NC(=O)C(C(C)O)NC(=O)c2csc(n2)-c2cc(O)c(-c3nc(CNC(=O)CN4CCOCC4)cs3)nc2-c2csc(n2)C2COC(=O)c3c4c5c(cccc5n3O)COC(=O)C(OC3CC(C)(O)C(N(C)C)C(C)O3)C(OC4)C(NC(=O)c3csc1n3)c1nc(cs1)C(=O)N2. The number of morpholine rings is 1. The highest BCUT2D eigenvalue weighted by atomic mass is 32.1. The van der Waals surface area contributed by atoms with Crippen LogP contribution in [0, 0.1) is 0 Å². The summed E-state index contributed by atoms with van der Waals surface area (Å²) in [5.41, 5.74) is -1.53. The number of esters is 2. The lowest BCUT2D eigenvalue weighted by Gasteiger charge is -2.48. The van der Waals surface area contributed by atoms with Crippen LogP contribution in [0.25, 0.3) is 49.3 Å². The smallest absolute Gasteiger partial charge is 0.358 e. The van der Waals surface area contributed by atoms with Gasteiger partial charge in [-0.1, -0.05) is 12.1 Å². The van der Waals surface area contributed by atoms with Crippen LogP contribution in [0.5, 0.6) is 5.75 Å². The lowest BCUT2D eigenvalue weighted by atomic mass is 9.85. The first kappa shape index (κ1) is 70.6. The number of nitrogens with one attached hydrogen (secondary N) is 5. The quantitative estimate of drug-likeness (QED) is 0.0528. The topological polar surface area (TPSA) is 414 Å². The van der Waals surface area contributed by atoms with Crippen LogP contribution in [0.4, 0.5) is 0 Å².